The van der Waals surface area contributed by atoms with Crippen molar-refractivity contribution in [3.05, 3.63) is 0 Å². The Hall–Kier alpha value is -0.0151. The molecule has 3 saturated carbocycles. The minimum atomic E-state index is 0.0541. The quantitative estimate of drug-likeness (QED) is 0.502. The van der Waals surface area contributed by atoms with Crippen molar-refractivity contribution in [3.8, 4) is 0 Å². The molecule has 0 amide bonds. The second-order valence-corrected chi connectivity index (χ2v) is 5.16. The summed E-state index contributed by atoms with van der Waals surface area (Å²) in [5, 5.41) is 0. The van der Waals surface area contributed by atoms with Crippen LogP contribution in [0.3, 0.4) is 0 Å². The van der Waals surface area contributed by atoms with E-state index in [2.05, 4.69) is 6.92 Å². The zero-order chi connectivity index (χ0) is 8.14. The summed E-state index contributed by atoms with van der Waals surface area (Å²) in [6, 6.07) is 0. The normalized spacial score (nSPS) is 70.5. The molecule has 0 aromatic rings. The van der Waals surface area contributed by atoms with Crippen LogP contribution in [0.5, 0.6) is 0 Å². The summed E-state index contributed by atoms with van der Waals surface area (Å²) >= 11 is 0. The summed E-state index contributed by atoms with van der Waals surface area (Å²) in [7, 11) is 0.0541. The van der Waals surface area contributed by atoms with E-state index in [1.54, 1.807) is 0 Å². The maximum Gasteiger partial charge on any atom is 0.454 e. The molecular formula is C9H13BO2. The van der Waals surface area contributed by atoms with E-state index >= 15 is 0 Å². The van der Waals surface area contributed by atoms with Crippen molar-refractivity contribution in [1.82, 2.24) is 0 Å². The van der Waals surface area contributed by atoms with Crippen LogP contribution in [0.25, 0.3) is 0 Å². The van der Waals surface area contributed by atoms with Gasteiger partial charge in [-0.15, -0.1) is 0 Å². The smallest absolute Gasteiger partial charge is 0.405 e. The molecule has 1 aliphatic heterocycles. The molecule has 0 aromatic carbocycles. The van der Waals surface area contributed by atoms with Gasteiger partial charge in [0.1, 0.15) is 0 Å². The standard InChI is InChI=1S/C9H13BO2/c1-8-5-3-6(8)7-9(8,4-5)12-10(2)11-7/h5-7H,3-4H2,1-2H3. The Morgan fingerprint density at radius 1 is 1.50 bits per heavy atom. The fraction of sp³-hybridized carbons (Fsp3) is 1.00. The average molecular weight is 164 g/mol. The predicted octanol–water partition coefficient (Wildman–Crippen LogP) is 1.32. The lowest BCUT2D eigenvalue weighted by Crippen LogP contribution is -2.87. The molecule has 4 rings (SSSR count). The Morgan fingerprint density at radius 3 is 2.92 bits per heavy atom. The number of fused-ring (bicyclic) bond motifs is 1. The first-order chi connectivity index (χ1) is 5.68. The summed E-state index contributed by atoms with van der Waals surface area (Å²) in [5.41, 5.74) is 0.711. The number of rotatable bonds is 0. The van der Waals surface area contributed by atoms with Crippen LogP contribution in [0.15, 0.2) is 0 Å². The van der Waals surface area contributed by atoms with Crippen LogP contribution in [-0.2, 0) is 9.31 Å². The minimum absolute atomic E-state index is 0.0541. The molecule has 1 saturated heterocycles. The van der Waals surface area contributed by atoms with Crippen molar-refractivity contribution in [1.29, 1.82) is 0 Å². The zero-order valence-corrected chi connectivity index (χ0v) is 7.54. The monoisotopic (exact) mass is 164 g/mol. The first-order valence-corrected chi connectivity index (χ1v) is 5.02. The van der Waals surface area contributed by atoms with Gasteiger partial charge in [-0.3, -0.25) is 0 Å². The molecule has 64 valence electrons. The van der Waals surface area contributed by atoms with Crippen LogP contribution < -0.4 is 0 Å². The molecule has 4 aliphatic rings. The third-order valence-corrected chi connectivity index (χ3v) is 5.16. The molecule has 4 fully saturated rings. The fourth-order valence-electron chi connectivity index (χ4n) is 4.41. The van der Waals surface area contributed by atoms with E-state index in [-0.39, 0.29) is 12.7 Å². The molecule has 2 nitrogen and oxygen atoms in total. The Kier molecular flexibility index (Phi) is 0.751. The van der Waals surface area contributed by atoms with E-state index in [4.69, 9.17) is 9.31 Å². The molecular weight excluding hydrogens is 151 g/mol. The number of hydrogen-bond donors (Lipinski definition) is 0. The highest BCUT2D eigenvalue weighted by atomic mass is 16.7. The summed E-state index contributed by atoms with van der Waals surface area (Å²) in [5.74, 6) is 1.80. The first-order valence-electron chi connectivity index (χ1n) is 5.02. The molecule has 12 heavy (non-hydrogen) atoms. The first kappa shape index (κ1) is 6.44. The van der Waals surface area contributed by atoms with Gasteiger partial charge in [-0.2, -0.15) is 0 Å². The van der Waals surface area contributed by atoms with Gasteiger partial charge in [0.2, 0.25) is 0 Å². The average Bonchev–Trinajstić information content (AvgIpc) is 2.40. The van der Waals surface area contributed by atoms with Crippen molar-refractivity contribution in [2.75, 3.05) is 0 Å². The van der Waals surface area contributed by atoms with Crippen molar-refractivity contribution < 1.29 is 9.31 Å². The van der Waals surface area contributed by atoms with E-state index in [1.807, 2.05) is 6.82 Å². The van der Waals surface area contributed by atoms with Gasteiger partial charge in [0.15, 0.2) is 0 Å². The van der Waals surface area contributed by atoms with Crippen LogP contribution in [0.1, 0.15) is 19.8 Å². The Balaban J connectivity index is 1.81. The summed E-state index contributed by atoms with van der Waals surface area (Å²) < 4.78 is 11.7. The summed E-state index contributed by atoms with van der Waals surface area (Å²) in [6.07, 6.45) is 3.14. The van der Waals surface area contributed by atoms with Gasteiger partial charge in [-0.25, -0.2) is 0 Å². The largest absolute Gasteiger partial charge is 0.454 e. The Morgan fingerprint density at radius 2 is 2.33 bits per heavy atom. The van der Waals surface area contributed by atoms with Crippen molar-refractivity contribution in [2.45, 2.75) is 38.3 Å². The lowest BCUT2D eigenvalue weighted by Gasteiger charge is -2.83. The van der Waals surface area contributed by atoms with Gasteiger partial charge < -0.3 is 9.31 Å². The van der Waals surface area contributed by atoms with E-state index < -0.39 is 0 Å². The van der Waals surface area contributed by atoms with Crippen LogP contribution >= 0.6 is 0 Å². The Bertz CT molecular complexity index is 282. The van der Waals surface area contributed by atoms with Gasteiger partial charge >= 0.3 is 7.12 Å². The lowest BCUT2D eigenvalue weighted by atomic mass is 9.24. The molecule has 1 spiro atoms. The molecule has 0 aromatic heterocycles. The van der Waals surface area contributed by atoms with Crippen LogP contribution in [0, 0.1) is 17.3 Å². The molecule has 0 N–H and O–H groups in total. The molecule has 3 aliphatic carbocycles. The zero-order valence-electron chi connectivity index (χ0n) is 7.54. The van der Waals surface area contributed by atoms with Crippen LogP contribution in [0.4, 0.5) is 0 Å². The lowest BCUT2D eigenvalue weighted by molar-refractivity contribution is -0.391. The van der Waals surface area contributed by atoms with E-state index in [0.29, 0.717) is 11.5 Å². The minimum Gasteiger partial charge on any atom is -0.405 e. The third-order valence-electron chi connectivity index (χ3n) is 5.16. The summed E-state index contributed by atoms with van der Waals surface area (Å²) in [4.78, 5) is 0. The molecule has 1 heterocycles. The van der Waals surface area contributed by atoms with Gasteiger partial charge in [-0.1, -0.05) is 6.92 Å². The van der Waals surface area contributed by atoms with E-state index in [9.17, 15) is 0 Å². The second kappa shape index (κ2) is 1.40. The molecule has 3 heteroatoms. The molecule has 5 unspecified atom stereocenters. The molecule has 0 bridgehead atoms. The fourth-order valence-corrected chi connectivity index (χ4v) is 4.41. The highest BCUT2D eigenvalue weighted by Crippen LogP contribution is 2.83. The highest BCUT2D eigenvalue weighted by molar-refractivity contribution is 6.43. The van der Waals surface area contributed by atoms with Crippen molar-refractivity contribution in [2.24, 2.45) is 17.3 Å². The number of hydrogen-bond acceptors (Lipinski definition) is 2. The van der Waals surface area contributed by atoms with Gasteiger partial charge in [0.05, 0.1) is 11.7 Å². The SMILES string of the molecule is CB1OC2C3CC4CC2(O1)C43C. The predicted molar refractivity (Wildman–Crippen MR) is 44.6 cm³/mol. The Labute approximate surface area is 72.8 Å². The summed E-state index contributed by atoms with van der Waals surface area (Å²) in [6.45, 7) is 4.43. The van der Waals surface area contributed by atoms with Gasteiger partial charge in [0, 0.05) is 5.41 Å². The molecule has 5 atom stereocenters. The maximum atomic E-state index is 5.93. The van der Waals surface area contributed by atoms with Crippen LogP contribution in [0.2, 0.25) is 6.82 Å². The highest BCUT2D eigenvalue weighted by Gasteiger charge is 2.88. The maximum absolute atomic E-state index is 5.93. The topological polar surface area (TPSA) is 18.5 Å². The van der Waals surface area contributed by atoms with Gasteiger partial charge in [-0.05, 0) is 31.5 Å². The van der Waals surface area contributed by atoms with Gasteiger partial charge in [0.25, 0.3) is 0 Å². The second-order valence-electron chi connectivity index (χ2n) is 5.16. The van der Waals surface area contributed by atoms with Crippen molar-refractivity contribution >= 4 is 7.12 Å². The third kappa shape index (κ3) is 0.336. The van der Waals surface area contributed by atoms with Crippen LogP contribution in [-0.4, -0.2) is 18.8 Å². The van der Waals surface area contributed by atoms with Crippen molar-refractivity contribution in [3.63, 3.8) is 0 Å². The van der Waals surface area contributed by atoms with E-state index in [0.717, 1.165) is 11.8 Å². The van der Waals surface area contributed by atoms with E-state index in [1.165, 1.54) is 12.8 Å². The molecule has 0 radical (unpaired) electrons.